The Balaban J connectivity index is 1.41. The average Bonchev–Trinajstić information content (AvgIpc) is 3.53. The largest absolute Gasteiger partial charge is 0.494 e. The van der Waals surface area contributed by atoms with Gasteiger partial charge in [0, 0.05) is 43.8 Å². The van der Waals surface area contributed by atoms with Crippen molar-refractivity contribution in [2.45, 2.75) is 18.9 Å². The molecule has 0 aliphatic carbocycles. The third-order valence-electron chi connectivity index (χ3n) is 7.12. The molecule has 0 radical (unpaired) electrons. The van der Waals surface area contributed by atoms with E-state index in [0.29, 0.717) is 34.9 Å². The lowest BCUT2D eigenvalue weighted by molar-refractivity contribution is -0.111. The van der Waals surface area contributed by atoms with E-state index >= 15 is 0 Å². The summed E-state index contributed by atoms with van der Waals surface area (Å²) in [7, 11) is 5.85. The average molecular weight is 554 g/mol. The van der Waals surface area contributed by atoms with Gasteiger partial charge in [0.2, 0.25) is 11.9 Å². The molecule has 0 unspecified atom stereocenters. The number of carbonyl (C=O) groups is 1. The molecule has 41 heavy (non-hydrogen) atoms. The molecule has 1 saturated heterocycles. The van der Waals surface area contributed by atoms with Crippen LogP contribution in [0.2, 0.25) is 0 Å². The van der Waals surface area contributed by atoms with E-state index in [1.54, 1.807) is 30.3 Å². The van der Waals surface area contributed by atoms with Crippen LogP contribution in [0.4, 0.5) is 34.5 Å². The van der Waals surface area contributed by atoms with Gasteiger partial charge in [0.25, 0.3) is 0 Å². The topological polar surface area (TPSA) is 112 Å². The summed E-state index contributed by atoms with van der Waals surface area (Å²) in [6, 6.07) is 15.8. The Hall–Kier alpha value is -4.90. The summed E-state index contributed by atoms with van der Waals surface area (Å²) in [5.74, 6) is 1.29. The number of nitrogens with one attached hydrogen (secondary N) is 3. The molecule has 11 heteroatoms. The van der Waals surface area contributed by atoms with Crippen molar-refractivity contribution < 1.29 is 9.53 Å². The van der Waals surface area contributed by atoms with Crippen molar-refractivity contribution in [1.82, 2.24) is 24.6 Å². The monoisotopic (exact) mass is 553 g/mol. The van der Waals surface area contributed by atoms with E-state index in [4.69, 9.17) is 4.74 Å². The third kappa shape index (κ3) is 6.47. The van der Waals surface area contributed by atoms with Gasteiger partial charge in [-0.1, -0.05) is 18.7 Å². The van der Waals surface area contributed by atoms with Gasteiger partial charge in [-0.15, -0.1) is 0 Å². The summed E-state index contributed by atoms with van der Waals surface area (Å²) in [6.07, 6.45) is 8.61. The number of methoxy groups -OCH3 is 1. The summed E-state index contributed by atoms with van der Waals surface area (Å²) in [6.45, 7) is 5.35. The van der Waals surface area contributed by atoms with Crippen molar-refractivity contribution in [2.24, 2.45) is 0 Å². The molecule has 5 rings (SSSR count). The standard InChI is InChI=1S/C30H35N9O2/c1-5-29(40)34-23-19-24(27(41-4)20-26(23)38-17-12-21(13-18-38)37(2)3)35-30-31-15-11-28(36-30)33-22-9-6-7-10-25(22)39-16-8-14-32-39/h5-11,14-16,19-21H,1,12-13,17-18H2,2-4H3,(H,34,40)(H2,31,33,35,36). The Morgan fingerprint density at radius 3 is 2.54 bits per heavy atom. The highest BCUT2D eigenvalue weighted by Crippen LogP contribution is 2.39. The lowest BCUT2D eigenvalue weighted by Crippen LogP contribution is -2.42. The zero-order valence-electron chi connectivity index (χ0n) is 23.5. The van der Waals surface area contributed by atoms with E-state index in [2.05, 4.69) is 61.5 Å². The van der Waals surface area contributed by atoms with Crippen molar-refractivity contribution in [3.63, 3.8) is 0 Å². The molecule has 11 nitrogen and oxygen atoms in total. The summed E-state index contributed by atoms with van der Waals surface area (Å²) in [4.78, 5) is 26.0. The van der Waals surface area contributed by atoms with Gasteiger partial charge >= 0.3 is 0 Å². The number of amides is 1. The van der Waals surface area contributed by atoms with Crippen LogP contribution in [0.1, 0.15) is 12.8 Å². The number of anilines is 6. The number of rotatable bonds is 10. The molecule has 3 N–H and O–H groups in total. The minimum Gasteiger partial charge on any atom is -0.494 e. The molecule has 212 valence electrons. The molecular weight excluding hydrogens is 518 g/mol. The zero-order valence-corrected chi connectivity index (χ0v) is 23.5. The molecule has 1 aliphatic heterocycles. The van der Waals surface area contributed by atoms with Gasteiger partial charge in [0.1, 0.15) is 11.6 Å². The minimum absolute atomic E-state index is 0.288. The summed E-state index contributed by atoms with van der Waals surface area (Å²) in [5.41, 5.74) is 3.90. The number of benzene rings is 2. The van der Waals surface area contributed by atoms with Crippen molar-refractivity contribution in [2.75, 3.05) is 55.1 Å². The number of hydrogen-bond acceptors (Lipinski definition) is 9. The molecular formula is C30H35N9O2. The molecule has 1 aliphatic rings. The number of piperidine rings is 1. The van der Waals surface area contributed by atoms with Crippen LogP contribution >= 0.6 is 0 Å². The Kier molecular flexibility index (Phi) is 8.44. The Bertz CT molecular complexity index is 1500. The van der Waals surface area contributed by atoms with Gasteiger partial charge < -0.3 is 30.5 Å². The molecule has 1 amide bonds. The molecule has 0 bridgehead atoms. The summed E-state index contributed by atoms with van der Waals surface area (Å²) < 4.78 is 7.56. The molecule has 1 fully saturated rings. The fourth-order valence-corrected chi connectivity index (χ4v) is 4.94. The minimum atomic E-state index is -0.288. The maximum atomic E-state index is 12.4. The molecule has 0 atom stereocenters. The van der Waals surface area contributed by atoms with Gasteiger partial charge in [-0.3, -0.25) is 4.79 Å². The number of carbonyl (C=O) groups excluding carboxylic acids is 1. The second kappa shape index (κ2) is 12.5. The Morgan fingerprint density at radius 1 is 1.02 bits per heavy atom. The highest BCUT2D eigenvalue weighted by Gasteiger charge is 2.24. The SMILES string of the molecule is C=CC(=O)Nc1cc(Nc2nccc(Nc3ccccc3-n3cccn3)n2)c(OC)cc1N1CCC(N(C)C)CC1. The molecule has 0 spiro atoms. The Morgan fingerprint density at radius 2 is 1.83 bits per heavy atom. The number of para-hydroxylation sites is 2. The van der Waals surface area contributed by atoms with Gasteiger partial charge in [-0.05, 0) is 63.3 Å². The van der Waals surface area contributed by atoms with Crippen molar-refractivity contribution in [1.29, 1.82) is 0 Å². The van der Waals surface area contributed by atoms with Crippen molar-refractivity contribution in [3.8, 4) is 11.4 Å². The van der Waals surface area contributed by atoms with Crippen LogP contribution in [0.15, 0.2) is 79.8 Å². The van der Waals surface area contributed by atoms with Crippen LogP contribution < -0.4 is 25.6 Å². The van der Waals surface area contributed by atoms with Crippen molar-refractivity contribution in [3.05, 3.63) is 79.8 Å². The normalized spacial score (nSPS) is 13.6. The smallest absolute Gasteiger partial charge is 0.247 e. The van der Waals surface area contributed by atoms with Crippen LogP contribution in [0.3, 0.4) is 0 Å². The quantitative estimate of drug-likeness (QED) is 0.238. The van der Waals surface area contributed by atoms with Gasteiger partial charge in [-0.25, -0.2) is 9.67 Å². The highest BCUT2D eigenvalue weighted by molar-refractivity contribution is 6.02. The molecule has 0 saturated carbocycles. The van der Waals surface area contributed by atoms with E-state index < -0.39 is 0 Å². The van der Waals surface area contributed by atoms with Crippen LogP contribution in [0.5, 0.6) is 5.75 Å². The van der Waals surface area contributed by atoms with E-state index in [1.165, 1.54) is 6.08 Å². The predicted octanol–water partition coefficient (Wildman–Crippen LogP) is 4.81. The summed E-state index contributed by atoms with van der Waals surface area (Å²) in [5, 5.41) is 13.9. The van der Waals surface area contributed by atoms with Crippen molar-refractivity contribution >= 4 is 40.4 Å². The van der Waals surface area contributed by atoms with Gasteiger partial charge in [0.05, 0.1) is 35.5 Å². The number of ether oxygens (including phenoxy) is 1. The van der Waals surface area contributed by atoms with E-state index in [-0.39, 0.29) is 5.91 Å². The second-order valence-electron chi connectivity index (χ2n) is 9.93. The first-order chi connectivity index (χ1) is 19.9. The number of aromatic nitrogens is 4. The van der Waals surface area contributed by atoms with Gasteiger partial charge in [0.15, 0.2) is 0 Å². The van der Waals surface area contributed by atoms with E-state index in [9.17, 15) is 4.79 Å². The Labute approximate surface area is 239 Å². The van der Waals surface area contributed by atoms with Crippen LogP contribution in [0.25, 0.3) is 5.69 Å². The maximum absolute atomic E-state index is 12.4. The molecule has 3 heterocycles. The zero-order chi connectivity index (χ0) is 28.8. The molecule has 2 aromatic heterocycles. The van der Waals surface area contributed by atoms with E-state index in [0.717, 1.165) is 43.0 Å². The fourth-order valence-electron chi connectivity index (χ4n) is 4.94. The lowest BCUT2D eigenvalue weighted by Gasteiger charge is -2.37. The third-order valence-corrected chi connectivity index (χ3v) is 7.12. The van der Waals surface area contributed by atoms with E-state index in [1.807, 2.05) is 48.7 Å². The lowest BCUT2D eigenvalue weighted by atomic mass is 10.0. The summed E-state index contributed by atoms with van der Waals surface area (Å²) >= 11 is 0. The second-order valence-corrected chi connectivity index (χ2v) is 9.93. The molecule has 4 aromatic rings. The van der Waals surface area contributed by atoms with Crippen LogP contribution in [-0.4, -0.2) is 70.9 Å². The predicted molar refractivity (Wildman–Crippen MR) is 163 cm³/mol. The van der Waals surface area contributed by atoms with Gasteiger partial charge in [-0.2, -0.15) is 10.1 Å². The number of nitrogens with zero attached hydrogens (tertiary/aromatic N) is 6. The fraction of sp³-hybridized carbons (Fsp3) is 0.267. The molecule has 2 aromatic carbocycles. The first-order valence-electron chi connectivity index (χ1n) is 13.5. The first-order valence-corrected chi connectivity index (χ1v) is 13.5. The maximum Gasteiger partial charge on any atom is 0.247 e. The number of hydrogen-bond donors (Lipinski definition) is 3. The van der Waals surface area contributed by atoms with Crippen LogP contribution in [-0.2, 0) is 4.79 Å². The van der Waals surface area contributed by atoms with Crippen LogP contribution in [0, 0.1) is 0 Å². The first kappa shape index (κ1) is 27.7. The highest BCUT2D eigenvalue weighted by atomic mass is 16.5.